The molecule has 0 unspecified atom stereocenters. The third kappa shape index (κ3) is 5.81. The Labute approximate surface area is 189 Å². The number of hydrogen-bond acceptors (Lipinski definition) is 5. The lowest BCUT2D eigenvalue weighted by molar-refractivity contribution is 0.174. The van der Waals surface area contributed by atoms with Crippen LogP contribution in [0.5, 0.6) is 23.0 Å². The van der Waals surface area contributed by atoms with Gasteiger partial charge in [0.2, 0.25) is 6.79 Å². The smallest absolute Gasteiger partial charge is 0.231 e. The fraction of sp³-hybridized carbons (Fsp3) is 0.381. The van der Waals surface area contributed by atoms with Gasteiger partial charge in [0.25, 0.3) is 0 Å². The Morgan fingerprint density at radius 2 is 1.90 bits per heavy atom. The van der Waals surface area contributed by atoms with E-state index < -0.39 is 0 Å². The summed E-state index contributed by atoms with van der Waals surface area (Å²) in [4.78, 5) is 6.44. The number of methoxy groups -OCH3 is 2. The van der Waals surface area contributed by atoms with Crippen molar-refractivity contribution < 1.29 is 18.9 Å². The lowest BCUT2D eigenvalue weighted by atomic mass is 10.1. The summed E-state index contributed by atoms with van der Waals surface area (Å²) < 4.78 is 21.5. The van der Waals surface area contributed by atoms with Crippen LogP contribution < -0.4 is 24.3 Å². The van der Waals surface area contributed by atoms with Crippen LogP contribution in [-0.2, 0) is 13.0 Å². The summed E-state index contributed by atoms with van der Waals surface area (Å²) in [5, 5.41) is 3.40. The number of hydrogen-bond donors (Lipinski definition) is 1. The van der Waals surface area contributed by atoms with Crippen LogP contribution in [-0.4, -0.2) is 52.5 Å². The van der Waals surface area contributed by atoms with E-state index in [0.717, 1.165) is 47.5 Å². The number of fused-ring (bicyclic) bond motifs is 1. The van der Waals surface area contributed by atoms with Crippen molar-refractivity contribution in [2.45, 2.75) is 13.0 Å². The first-order chi connectivity index (χ1) is 13.6. The van der Waals surface area contributed by atoms with Gasteiger partial charge < -0.3 is 29.2 Å². The molecule has 2 aromatic rings. The maximum atomic E-state index is 5.49. The molecule has 1 aliphatic heterocycles. The van der Waals surface area contributed by atoms with Gasteiger partial charge in [-0.3, -0.25) is 4.99 Å². The molecule has 0 amide bonds. The molecule has 0 fully saturated rings. The van der Waals surface area contributed by atoms with E-state index in [4.69, 9.17) is 18.9 Å². The molecule has 8 heteroatoms. The van der Waals surface area contributed by atoms with Gasteiger partial charge in [0.05, 0.1) is 14.2 Å². The molecule has 0 saturated carbocycles. The quantitative estimate of drug-likeness (QED) is 0.349. The lowest BCUT2D eigenvalue weighted by Gasteiger charge is -2.23. The summed E-state index contributed by atoms with van der Waals surface area (Å²) in [5.74, 6) is 4.00. The van der Waals surface area contributed by atoms with Gasteiger partial charge in [0.15, 0.2) is 17.5 Å². The highest BCUT2D eigenvalue weighted by atomic mass is 127. The van der Waals surface area contributed by atoms with Gasteiger partial charge in [0, 0.05) is 38.8 Å². The van der Waals surface area contributed by atoms with Crippen LogP contribution in [0.1, 0.15) is 11.1 Å². The van der Waals surface area contributed by atoms with Crippen LogP contribution in [0.3, 0.4) is 0 Å². The molecule has 0 aliphatic carbocycles. The molecule has 1 heterocycles. The molecule has 7 nitrogen and oxygen atoms in total. The summed E-state index contributed by atoms with van der Waals surface area (Å²) in [5.41, 5.74) is 2.25. The fourth-order valence-electron chi connectivity index (χ4n) is 3.11. The van der Waals surface area contributed by atoms with Crippen molar-refractivity contribution in [1.29, 1.82) is 0 Å². The molecular weight excluding hydrogens is 485 g/mol. The predicted octanol–water partition coefficient (Wildman–Crippen LogP) is 3.30. The maximum Gasteiger partial charge on any atom is 0.231 e. The first-order valence-electron chi connectivity index (χ1n) is 9.15. The van der Waals surface area contributed by atoms with Crippen LogP contribution in [0.15, 0.2) is 41.4 Å². The summed E-state index contributed by atoms with van der Waals surface area (Å²) >= 11 is 0. The molecular formula is C21H28IN3O4. The second-order valence-corrected chi connectivity index (χ2v) is 6.45. The van der Waals surface area contributed by atoms with E-state index in [1.165, 1.54) is 5.56 Å². The van der Waals surface area contributed by atoms with Gasteiger partial charge >= 0.3 is 0 Å². The van der Waals surface area contributed by atoms with Gasteiger partial charge in [-0.2, -0.15) is 0 Å². The van der Waals surface area contributed by atoms with Gasteiger partial charge in [-0.05, 0) is 36.2 Å². The van der Waals surface area contributed by atoms with E-state index in [0.29, 0.717) is 13.3 Å². The number of benzene rings is 2. The van der Waals surface area contributed by atoms with Gasteiger partial charge in [-0.25, -0.2) is 0 Å². The number of ether oxygens (including phenoxy) is 4. The molecule has 0 saturated heterocycles. The van der Waals surface area contributed by atoms with Crippen molar-refractivity contribution in [1.82, 2.24) is 10.2 Å². The zero-order valence-electron chi connectivity index (χ0n) is 17.2. The second kappa shape index (κ2) is 11.0. The molecule has 0 radical (unpaired) electrons. The van der Waals surface area contributed by atoms with E-state index in [9.17, 15) is 0 Å². The minimum Gasteiger partial charge on any atom is -0.497 e. The number of nitrogens with zero attached hydrogens (tertiary/aromatic N) is 2. The number of aliphatic imine (C=N–C) groups is 1. The lowest BCUT2D eigenvalue weighted by Crippen LogP contribution is -2.39. The fourth-order valence-corrected chi connectivity index (χ4v) is 3.11. The van der Waals surface area contributed by atoms with E-state index >= 15 is 0 Å². The highest BCUT2D eigenvalue weighted by Crippen LogP contribution is 2.32. The minimum absolute atomic E-state index is 0. The van der Waals surface area contributed by atoms with Gasteiger partial charge in [-0.15, -0.1) is 24.0 Å². The van der Waals surface area contributed by atoms with E-state index in [1.54, 1.807) is 21.3 Å². The third-order valence-corrected chi connectivity index (χ3v) is 4.61. The van der Waals surface area contributed by atoms with Crippen molar-refractivity contribution in [2.24, 2.45) is 4.99 Å². The highest BCUT2D eigenvalue weighted by molar-refractivity contribution is 14.0. The monoisotopic (exact) mass is 513 g/mol. The molecule has 0 bridgehead atoms. The summed E-state index contributed by atoms with van der Waals surface area (Å²) in [6.07, 6.45) is 0.857. The molecule has 2 aromatic carbocycles. The largest absolute Gasteiger partial charge is 0.497 e. The molecule has 1 aliphatic rings. The Balaban J connectivity index is 0.00000300. The van der Waals surface area contributed by atoms with Crippen molar-refractivity contribution in [2.75, 3.05) is 41.7 Å². The van der Waals surface area contributed by atoms with Crippen LogP contribution in [0.4, 0.5) is 0 Å². The molecule has 29 heavy (non-hydrogen) atoms. The normalized spacial score (nSPS) is 12.2. The van der Waals surface area contributed by atoms with Crippen LogP contribution in [0.2, 0.25) is 0 Å². The summed E-state index contributed by atoms with van der Waals surface area (Å²) in [6.45, 7) is 1.72. The SMILES string of the molecule is CN=C(NCCc1ccc2c(c1)OCO2)N(C)Cc1ccc(OC)cc1OC.I. The van der Waals surface area contributed by atoms with Crippen LogP contribution in [0, 0.1) is 0 Å². The number of nitrogens with one attached hydrogen (secondary N) is 1. The standard InChI is InChI=1S/C21H27N3O4.HI/c1-22-21(23-10-9-15-5-8-18-20(11-15)28-14-27-18)24(2)13-16-6-7-17(25-3)12-19(16)26-4;/h5-8,11-12H,9-10,13-14H2,1-4H3,(H,22,23);1H. The maximum absolute atomic E-state index is 5.49. The van der Waals surface area contributed by atoms with Crippen LogP contribution in [0.25, 0.3) is 0 Å². The summed E-state index contributed by atoms with van der Waals surface area (Å²) in [7, 11) is 7.09. The molecule has 158 valence electrons. The first-order valence-corrected chi connectivity index (χ1v) is 9.15. The Hall–Kier alpha value is -2.36. The van der Waals surface area contributed by atoms with E-state index in [1.807, 2.05) is 37.4 Å². The first kappa shape index (κ1) is 22.9. The Bertz CT molecular complexity index is 845. The van der Waals surface area contributed by atoms with Gasteiger partial charge in [-0.1, -0.05) is 6.07 Å². The van der Waals surface area contributed by atoms with E-state index in [-0.39, 0.29) is 24.0 Å². The molecule has 0 spiro atoms. The van der Waals surface area contributed by atoms with Crippen molar-refractivity contribution in [3.8, 4) is 23.0 Å². The molecule has 0 atom stereocenters. The Morgan fingerprint density at radius 1 is 1.10 bits per heavy atom. The molecule has 3 rings (SSSR count). The van der Waals surface area contributed by atoms with Crippen LogP contribution >= 0.6 is 24.0 Å². The van der Waals surface area contributed by atoms with Gasteiger partial charge in [0.1, 0.15) is 11.5 Å². The number of guanidine groups is 1. The highest BCUT2D eigenvalue weighted by Gasteiger charge is 2.14. The average Bonchev–Trinajstić information content (AvgIpc) is 3.19. The topological polar surface area (TPSA) is 64.6 Å². The molecule has 1 N–H and O–H groups in total. The van der Waals surface area contributed by atoms with E-state index in [2.05, 4.69) is 21.3 Å². The van der Waals surface area contributed by atoms with Crippen molar-refractivity contribution in [3.63, 3.8) is 0 Å². The summed E-state index contributed by atoms with van der Waals surface area (Å²) in [6, 6.07) is 11.9. The van der Waals surface area contributed by atoms with Crippen molar-refractivity contribution >= 4 is 29.9 Å². The second-order valence-electron chi connectivity index (χ2n) is 6.45. The van der Waals surface area contributed by atoms with Crippen molar-refractivity contribution in [3.05, 3.63) is 47.5 Å². The zero-order valence-corrected chi connectivity index (χ0v) is 19.6. The zero-order chi connectivity index (χ0) is 19.9. The molecule has 0 aromatic heterocycles. The minimum atomic E-state index is 0. The Kier molecular flexibility index (Phi) is 8.69. The average molecular weight is 513 g/mol. The Morgan fingerprint density at radius 3 is 2.62 bits per heavy atom. The predicted molar refractivity (Wildman–Crippen MR) is 124 cm³/mol. The number of rotatable bonds is 7. The third-order valence-electron chi connectivity index (χ3n) is 4.61. The number of halogens is 1.